The number of ether oxygens (including phenoxy) is 1. The van der Waals surface area contributed by atoms with Crippen molar-refractivity contribution in [2.45, 2.75) is 52.5 Å². The van der Waals surface area contributed by atoms with Gasteiger partial charge < -0.3 is 14.6 Å². The molecule has 0 aliphatic rings. The summed E-state index contributed by atoms with van der Waals surface area (Å²) in [7, 11) is 0. The molecule has 0 saturated carbocycles. The molecule has 0 bridgehead atoms. The molecule has 154 valence electrons. The highest BCUT2D eigenvalue weighted by atomic mass is 32.1. The van der Waals surface area contributed by atoms with Gasteiger partial charge in [-0.05, 0) is 45.0 Å². The van der Waals surface area contributed by atoms with Crippen LogP contribution in [-0.4, -0.2) is 27.6 Å². The van der Waals surface area contributed by atoms with Crippen LogP contribution in [-0.2, 0) is 11.0 Å². The zero-order valence-electron chi connectivity index (χ0n) is 17.6. The third-order valence-corrected chi connectivity index (χ3v) is 5.09. The second kappa shape index (κ2) is 7.94. The van der Waals surface area contributed by atoms with E-state index in [4.69, 9.17) is 9.26 Å². The molecule has 1 N–H and O–H groups in total. The van der Waals surface area contributed by atoms with Crippen molar-refractivity contribution >= 4 is 17.2 Å². The van der Waals surface area contributed by atoms with Gasteiger partial charge in [-0.25, -0.2) is 4.98 Å². The van der Waals surface area contributed by atoms with Gasteiger partial charge in [0.2, 0.25) is 5.89 Å². The van der Waals surface area contributed by atoms with Crippen molar-refractivity contribution < 1.29 is 14.1 Å². The molecule has 0 fully saturated rings. The quantitative estimate of drug-likeness (QED) is 0.636. The Kier molecular flexibility index (Phi) is 5.75. The van der Waals surface area contributed by atoms with Crippen molar-refractivity contribution in [1.29, 1.82) is 0 Å². The summed E-state index contributed by atoms with van der Waals surface area (Å²) >= 11 is 1.42. The highest BCUT2D eigenvalue weighted by molar-refractivity contribution is 7.13. The predicted molar refractivity (Wildman–Crippen MR) is 112 cm³/mol. The molecule has 1 aromatic carbocycles. The van der Waals surface area contributed by atoms with Crippen LogP contribution in [0.2, 0.25) is 0 Å². The fraction of sp³-hybridized carbons (Fsp3) is 0.429. The normalized spacial score (nSPS) is 12.1. The van der Waals surface area contributed by atoms with E-state index in [0.717, 1.165) is 16.3 Å². The molecule has 1 amide bonds. The van der Waals surface area contributed by atoms with E-state index in [1.165, 1.54) is 11.3 Å². The molecular formula is C21H26N4O3S. The summed E-state index contributed by atoms with van der Waals surface area (Å²) in [6.45, 7) is 12.2. The lowest BCUT2D eigenvalue weighted by Crippen LogP contribution is -2.42. The van der Waals surface area contributed by atoms with Gasteiger partial charge in [-0.3, -0.25) is 4.79 Å². The van der Waals surface area contributed by atoms with Gasteiger partial charge in [0, 0.05) is 16.4 Å². The van der Waals surface area contributed by atoms with Crippen molar-refractivity contribution in [3.05, 3.63) is 47.1 Å². The summed E-state index contributed by atoms with van der Waals surface area (Å²) in [5.41, 5.74) is 0.233. The number of thiazole rings is 1. The van der Waals surface area contributed by atoms with Gasteiger partial charge in [-0.2, -0.15) is 4.98 Å². The zero-order chi connectivity index (χ0) is 21.2. The number of nitrogens with zero attached hydrogens (tertiary/aromatic N) is 3. The van der Waals surface area contributed by atoms with E-state index < -0.39 is 5.54 Å². The molecule has 0 unspecified atom stereocenters. The van der Waals surface area contributed by atoms with E-state index in [1.54, 1.807) is 5.38 Å². The number of carbonyl (C=O) groups excluding carboxylic acids is 1. The first-order chi connectivity index (χ1) is 13.6. The summed E-state index contributed by atoms with van der Waals surface area (Å²) in [5.74, 6) is 1.48. The molecule has 2 heterocycles. The van der Waals surface area contributed by atoms with E-state index in [1.807, 2.05) is 65.8 Å². The Morgan fingerprint density at radius 2 is 1.83 bits per heavy atom. The molecule has 7 nitrogen and oxygen atoms in total. The van der Waals surface area contributed by atoms with Crippen molar-refractivity contribution in [3.8, 4) is 16.3 Å². The summed E-state index contributed by atoms with van der Waals surface area (Å²) in [5, 5.41) is 9.50. The molecule has 0 saturated heterocycles. The number of carbonyl (C=O) groups is 1. The van der Waals surface area contributed by atoms with Crippen LogP contribution in [0.3, 0.4) is 0 Å². The fourth-order valence-corrected chi connectivity index (χ4v) is 3.36. The smallest absolute Gasteiger partial charge is 0.271 e. The van der Waals surface area contributed by atoms with Gasteiger partial charge in [0.1, 0.15) is 16.5 Å². The van der Waals surface area contributed by atoms with Gasteiger partial charge in [0.05, 0.1) is 12.1 Å². The molecule has 0 radical (unpaired) electrons. The first-order valence-electron chi connectivity index (χ1n) is 9.46. The van der Waals surface area contributed by atoms with Crippen LogP contribution in [0.15, 0.2) is 34.2 Å². The monoisotopic (exact) mass is 414 g/mol. The number of rotatable bonds is 6. The maximum Gasteiger partial charge on any atom is 0.271 e. The SMILES string of the molecule is CCOc1ccc(-c2nc(C(=O)NC(C)(C)c3noc(C(C)(C)C)n3)cs2)cc1. The Bertz CT molecular complexity index is 984. The minimum absolute atomic E-state index is 0.257. The van der Waals surface area contributed by atoms with Crippen molar-refractivity contribution in [2.24, 2.45) is 0 Å². The van der Waals surface area contributed by atoms with Crippen LogP contribution in [0.4, 0.5) is 0 Å². The van der Waals surface area contributed by atoms with E-state index in [2.05, 4.69) is 20.4 Å². The zero-order valence-corrected chi connectivity index (χ0v) is 18.4. The van der Waals surface area contributed by atoms with E-state index in [0.29, 0.717) is 24.0 Å². The summed E-state index contributed by atoms with van der Waals surface area (Å²) in [6.07, 6.45) is 0. The van der Waals surface area contributed by atoms with Gasteiger partial charge in [0.15, 0.2) is 5.82 Å². The van der Waals surface area contributed by atoms with E-state index >= 15 is 0 Å². The Balaban J connectivity index is 1.73. The largest absolute Gasteiger partial charge is 0.494 e. The Morgan fingerprint density at radius 3 is 2.41 bits per heavy atom. The highest BCUT2D eigenvalue weighted by Crippen LogP contribution is 2.27. The van der Waals surface area contributed by atoms with Crippen molar-refractivity contribution in [1.82, 2.24) is 20.4 Å². The first-order valence-corrected chi connectivity index (χ1v) is 10.3. The minimum atomic E-state index is -0.799. The van der Waals surface area contributed by atoms with Gasteiger partial charge >= 0.3 is 0 Å². The molecule has 0 spiro atoms. The summed E-state index contributed by atoms with van der Waals surface area (Å²) in [4.78, 5) is 21.7. The minimum Gasteiger partial charge on any atom is -0.494 e. The molecule has 3 aromatic rings. The Labute approximate surface area is 174 Å². The molecule has 3 rings (SSSR count). The van der Waals surface area contributed by atoms with Gasteiger partial charge in [-0.15, -0.1) is 11.3 Å². The van der Waals surface area contributed by atoms with Crippen LogP contribution in [0.25, 0.3) is 10.6 Å². The van der Waals surface area contributed by atoms with Crippen LogP contribution in [0.5, 0.6) is 5.75 Å². The number of nitrogens with one attached hydrogen (secondary N) is 1. The number of hydrogen-bond acceptors (Lipinski definition) is 7. The fourth-order valence-electron chi connectivity index (χ4n) is 2.56. The van der Waals surface area contributed by atoms with Crippen molar-refractivity contribution in [2.75, 3.05) is 6.61 Å². The average molecular weight is 415 g/mol. The standard InChI is InChI=1S/C21H26N4O3S/c1-7-27-14-10-8-13(9-11-14)17-22-15(12-29-17)16(26)24-21(5,6)18-23-19(28-25-18)20(2,3)4/h8-12H,7H2,1-6H3,(H,24,26). The molecule has 0 aliphatic heterocycles. The molecule has 0 atom stereocenters. The van der Waals surface area contributed by atoms with Crippen LogP contribution < -0.4 is 10.1 Å². The third-order valence-electron chi connectivity index (χ3n) is 4.20. The molecule has 29 heavy (non-hydrogen) atoms. The summed E-state index contributed by atoms with van der Waals surface area (Å²) < 4.78 is 10.8. The number of aromatic nitrogens is 3. The maximum atomic E-state index is 12.7. The van der Waals surface area contributed by atoms with Crippen LogP contribution in [0, 0.1) is 0 Å². The summed E-state index contributed by atoms with van der Waals surface area (Å²) in [6, 6.07) is 7.66. The molecule has 2 aromatic heterocycles. The Hall–Kier alpha value is -2.74. The molecule has 0 aliphatic carbocycles. The Morgan fingerprint density at radius 1 is 1.14 bits per heavy atom. The van der Waals surface area contributed by atoms with E-state index in [9.17, 15) is 4.79 Å². The molecular weight excluding hydrogens is 388 g/mol. The van der Waals surface area contributed by atoms with Gasteiger partial charge in [0.25, 0.3) is 5.91 Å². The number of benzene rings is 1. The second-order valence-electron chi connectivity index (χ2n) is 8.25. The third kappa shape index (κ3) is 4.82. The van der Waals surface area contributed by atoms with Crippen LogP contribution in [0.1, 0.15) is 63.7 Å². The second-order valence-corrected chi connectivity index (χ2v) is 9.11. The topological polar surface area (TPSA) is 90.1 Å². The number of hydrogen-bond donors (Lipinski definition) is 1. The van der Waals surface area contributed by atoms with Gasteiger partial charge in [-0.1, -0.05) is 25.9 Å². The van der Waals surface area contributed by atoms with Crippen molar-refractivity contribution in [3.63, 3.8) is 0 Å². The van der Waals surface area contributed by atoms with Crippen LogP contribution >= 0.6 is 11.3 Å². The lowest BCUT2D eigenvalue weighted by molar-refractivity contribution is 0.0903. The average Bonchev–Trinajstić information content (AvgIpc) is 3.32. The lowest BCUT2D eigenvalue weighted by atomic mass is 9.97. The highest BCUT2D eigenvalue weighted by Gasteiger charge is 2.32. The predicted octanol–water partition coefficient (Wildman–Crippen LogP) is 4.55. The lowest BCUT2D eigenvalue weighted by Gasteiger charge is -2.21. The van der Waals surface area contributed by atoms with E-state index in [-0.39, 0.29) is 11.3 Å². The maximum absolute atomic E-state index is 12.7. The first kappa shape index (κ1) is 21.0. The molecule has 8 heteroatoms. The number of amides is 1.